The molecule has 0 aromatic rings. The first kappa shape index (κ1) is 31.7. The average molecular weight is 476 g/mol. The molecule has 4 radical (unpaired) electrons. The molecule has 0 aliphatic heterocycles. The van der Waals surface area contributed by atoms with Gasteiger partial charge in [-0.1, -0.05) is 43.4 Å². The Hall–Kier alpha value is -2.28. The number of carbonyl (C=O) groups is 1. The molecule has 0 heterocycles. The molecule has 184 valence electrons. The summed E-state index contributed by atoms with van der Waals surface area (Å²) in [6, 6.07) is 0. The van der Waals surface area contributed by atoms with Crippen LogP contribution in [0.15, 0.2) is 72.9 Å². The van der Waals surface area contributed by atoms with Crippen molar-refractivity contribution >= 4 is 21.7 Å². The van der Waals surface area contributed by atoms with Crippen LogP contribution in [0, 0.1) is 0 Å². The molecule has 0 aliphatic rings. The van der Waals surface area contributed by atoms with Gasteiger partial charge in [0.25, 0.3) is 0 Å². The zero-order chi connectivity index (χ0) is 26.7. The van der Waals surface area contributed by atoms with Gasteiger partial charge >= 0.3 is 5.97 Å². The van der Waals surface area contributed by atoms with Crippen molar-refractivity contribution in [2.75, 3.05) is 0 Å². The molecule has 2 unspecified atom stereocenters. The summed E-state index contributed by atoms with van der Waals surface area (Å²) in [4.78, 5) is 10.4. The van der Waals surface area contributed by atoms with Crippen molar-refractivity contribution in [3.8, 4) is 0 Å². The van der Waals surface area contributed by atoms with Crippen LogP contribution in [0.25, 0.3) is 0 Å². The molecule has 34 heavy (non-hydrogen) atoms. The van der Waals surface area contributed by atoms with E-state index in [1.165, 1.54) is 12.2 Å². The summed E-state index contributed by atoms with van der Waals surface area (Å²) < 4.78 is 0. The van der Waals surface area contributed by atoms with Crippen molar-refractivity contribution in [1.29, 1.82) is 0 Å². The molecule has 0 amide bonds. The van der Waals surface area contributed by atoms with Gasteiger partial charge in [0.05, 0.1) is 11.0 Å². The number of allylic oxidation sites excluding steroid dienone is 2. The van der Waals surface area contributed by atoms with E-state index in [2.05, 4.69) is 0 Å². The molecule has 0 saturated carbocycles. The first-order chi connectivity index (χ1) is 15.3. The van der Waals surface area contributed by atoms with Crippen molar-refractivity contribution in [2.45, 2.75) is 54.5 Å². The molecule has 0 bridgehead atoms. The molecule has 0 fully saturated rings. The highest BCUT2D eigenvalue weighted by atomic mass is 16.5. The fraction of sp³-hybridized carbons (Fsp3) is 0.409. The van der Waals surface area contributed by atoms with Gasteiger partial charge < -0.3 is 46.0 Å². The Morgan fingerprint density at radius 2 is 0.941 bits per heavy atom. The summed E-state index contributed by atoms with van der Waals surface area (Å²) in [7, 11) is 11.1. The number of carboxylic acid groups (broad SMARTS) is 1. The standard InChI is InChI=1S/C22H30B2O10/c1-2-3-7-20(29,30)15-16-22(33,34)14-12-19(24,28)10-9-18(23,27)11-13-21(31,32)8-5-4-6-17(25)26/h3,5,7-16,27-34H,2,4,6H2,1H3,(H,25,26)/b7-3-,8-5-,10-9-,13-11-,14-12-,16-15-. The van der Waals surface area contributed by atoms with Crippen LogP contribution in [0.2, 0.25) is 0 Å². The van der Waals surface area contributed by atoms with Crippen LogP contribution in [-0.4, -0.2) is 96.0 Å². The zero-order valence-electron chi connectivity index (χ0n) is 18.6. The Bertz CT molecular complexity index is 835. The van der Waals surface area contributed by atoms with E-state index in [0.29, 0.717) is 36.8 Å². The predicted octanol–water partition coefficient (Wildman–Crippen LogP) is -1.64. The van der Waals surface area contributed by atoms with Crippen LogP contribution in [0.1, 0.15) is 26.2 Å². The molecule has 0 aromatic carbocycles. The van der Waals surface area contributed by atoms with Gasteiger partial charge in [0.15, 0.2) is 0 Å². The fourth-order valence-electron chi connectivity index (χ4n) is 2.06. The van der Waals surface area contributed by atoms with Crippen LogP contribution >= 0.6 is 0 Å². The predicted molar refractivity (Wildman–Crippen MR) is 125 cm³/mol. The summed E-state index contributed by atoms with van der Waals surface area (Å²) in [5.74, 6) is -8.81. The van der Waals surface area contributed by atoms with E-state index in [9.17, 15) is 45.6 Å². The van der Waals surface area contributed by atoms with Crippen molar-refractivity contribution in [2.24, 2.45) is 0 Å². The second kappa shape index (κ2) is 13.0. The second-order valence-electron chi connectivity index (χ2n) is 7.60. The first-order valence-corrected chi connectivity index (χ1v) is 10.1. The van der Waals surface area contributed by atoms with E-state index in [1.807, 2.05) is 0 Å². The molecule has 2 atom stereocenters. The van der Waals surface area contributed by atoms with Crippen LogP contribution < -0.4 is 0 Å². The van der Waals surface area contributed by atoms with Crippen LogP contribution in [0.5, 0.6) is 0 Å². The Kier molecular flexibility index (Phi) is 12.1. The van der Waals surface area contributed by atoms with Crippen molar-refractivity contribution in [3.05, 3.63) is 72.9 Å². The molecular formula is C22H30B2O10. The number of hydrogen-bond acceptors (Lipinski definition) is 9. The van der Waals surface area contributed by atoms with Crippen molar-refractivity contribution < 1.29 is 50.8 Å². The van der Waals surface area contributed by atoms with E-state index in [1.54, 1.807) is 6.92 Å². The molecule has 0 aromatic heterocycles. The summed E-state index contributed by atoms with van der Waals surface area (Å²) in [6.45, 7) is 1.75. The number of rotatable bonds is 14. The highest BCUT2D eigenvalue weighted by Crippen LogP contribution is 2.16. The Balaban J connectivity index is 5.26. The van der Waals surface area contributed by atoms with Gasteiger partial charge in [0, 0.05) is 6.42 Å². The molecule has 0 rings (SSSR count). The molecular weight excluding hydrogens is 446 g/mol. The van der Waals surface area contributed by atoms with Gasteiger partial charge in [-0.15, -0.1) is 0 Å². The average Bonchev–Trinajstić information content (AvgIpc) is 2.71. The lowest BCUT2D eigenvalue weighted by molar-refractivity contribution is -0.136. The monoisotopic (exact) mass is 476 g/mol. The summed E-state index contributed by atoms with van der Waals surface area (Å²) in [6.07, 6.45) is 10.5. The van der Waals surface area contributed by atoms with Crippen molar-refractivity contribution in [3.63, 3.8) is 0 Å². The number of aliphatic hydroxyl groups is 8. The fourth-order valence-corrected chi connectivity index (χ4v) is 2.06. The number of carboxylic acids is 1. The Labute approximate surface area is 200 Å². The smallest absolute Gasteiger partial charge is 0.303 e. The Morgan fingerprint density at radius 3 is 1.32 bits per heavy atom. The third-order valence-electron chi connectivity index (χ3n) is 3.87. The SMILES string of the molecule is [B]C(O)(/C=C\C([B])(O)/C=C\C(O)(O)/C=C\C(O)(O)/C=C\CC)/C=C\C(O)(O)/C=C\CCC(=O)O. The summed E-state index contributed by atoms with van der Waals surface area (Å²) in [5, 5.41) is 87.2. The van der Waals surface area contributed by atoms with E-state index in [4.69, 9.17) is 20.8 Å². The summed E-state index contributed by atoms with van der Waals surface area (Å²) >= 11 is 0. The lowest BCUT2D eigenvalue weighted by Gasteiger charge is -2.22. The highest BCUT2D eigenvalue weighted by Gasteiger charge is 2.23. The molecule has 9 N–H and O–H groups in total. The third-order valence-corrected chi connectivity index (χ3v) is 3.87. The highest BCUT2D eigenvalue weighted by molar-refractivity contribution is 6.18. The zero-order valence-corrected chi connectivity index (χ0v) is 18.6. The molecule has 0 saturated heterocycles. The molecule has 0 spiro atoms. The lowest BCUT2D eigenvalue weighted by atomic mass is 9.75. The van der Waals surface area contributed by atoms with E-state index in [-0.39, 0.29) is 12.8 Å². The van der Waals surface area contributed by atoms with Crippen LogP contribution in [0.3, 0.4) is 0 Å². The van der Waals surface area contributed by atoms with Gasteiger partial charge in [-0.3, -0.25) is 4.79 Å². The third kappa shape index (κ3) is 16.4. The minimum absolute atomic E-state index is 0.0325. The lowest BCUT2D eigenvalue weighted by Crippen LogP contribution is -2.31. The van der Waals surface area contributed by atoms with Gasteiger partial charge in [0.2, 0.25) is 17.4 Å². The van der Waals surface area contributed by atoms with E-state index >= 15 is 0 Å². The van der Waals surface area contributed by atoms with Gasteiger partial charge in [-0.2, -0.15) is 0 Å². The van der Waals surface area contributed by atoms with Crippen LogP contribution in [0.4, 0.5) is 0 Å². The van der Waals surface area contributed by atoms with Crippen molar-refractivity contribution in [1.82, 2.24) is 0 Å². The maximum atomic E-state index is 10.4. The topological polar surface area (TPSA) is 199 Å². The first-order valence-electron chi connectivity index (χ1n) is 10.1. The second-order valence-corrected chi connectivity index (χ2v) is 7.60. The number of hydrogen-bond donors (Lipinski definition) is 9. The van der Waals surface area contributed by atoms with Gasteiger partial charge in [-0.05, 0) is 49.3 Å². The largest absolute Gasteiger partial charge is 0.481 e. The Morgan fingerprint density at radius 1 is 0.618 bits per heavy atom. The van der Waals surface area contributed by atoms with Gasteiger partial charge in [0.1, 0.15) is 15.7 Å². The van der Waals surface area contributed by atoms with E-state index < -0.39 is 34.3 Å². The van der Waals surface area contributed by atoms with Gasteiger partial charge in [-0.25, -0.2) is 0 Å². The normalized spacial score (nSPS) is 18.1. The van der Waals surface area contributed by atoms with E-state index in [0.717, 1.165) is 30.4 Å². The summed E-state index contributed by atoms with van der Waals surface area (Å²) in [5.41, 5.74) is -4.70. The maximum Gasteiger partial charge on any atom is 0.303 e. The molecule has 10 nitrogen and oxygen atoms in total. The minimum atomic E-state index is -2.74. The maximum absolute atomic E-state index is 10.4. The van der Waals surface area contributed by atoms with Crippen LogP contribution in [-0.2, 0) is 4.79 Å². The minimum Gasteiger partial charge on any atom is -0.481 e. The molecule has 0 aliphatic carbocycles. The number of aliphatic carboxylic acids is 1. The molecule has 12 heteroatoms. The quantitative estimate of drug-likeness (QED) is 0.0796.